The van der Waals surface area contributed by atoms with Gasteiger partial charge in [0, 0.05) is 0 Å². The maximum absolute atomic E-state index is 13.1. The van der Waals surface area contributed by atoms with Gasteiger partial charge in [0.1, 0.15) is 5.82 Å². The van der Waals surface area contributed by atoms with Gasteiger partial charge in [0.25, 0.3) is 5.91 Å². The van der Waals surface area contributed by atoms with E-state index in [1.54, 1.807) is 12.1 Å². The molecule has 2 aromatic rings. The van der Waals surface area contributed by atoms with Crippen molar-refractivity contribution in [3.63, 3.8) is 0 Å². The Hall–Kier alpha value is -1.20. The van der Waals surface area contributed by atoms with Gasteiger partial charge in [0.05, 0.1) is 14.7 Å². The Morgan fingerprint density at radius 2 is 2.16 bits per heavy atom. The molecule has 0 saturated carbocycles. The summed E-state index contributed by atoms with van der Waals surface area (Å²) >= 11 is 4.79. The van der Waals surface area contributed by atoms with Crippen molar-refractivity contribution < 1.29 is 9.18 Å². The number of nitrogens with one attached hydrogen (secondary N) is 1. The summed E-state index contributed by atoms with van der Waals surface area (Å²) in [5, 5.41) is 2.86. The Bertz CT molecular complexity index is 592. The molecule has 1 aromatic carbocycles. The number of carbonyl (C=O) groups excluding carboxylic acids is 1. The molecule has 5 heteroatoms. The van der Waals surface area contributed by atoms with E-state index in [0.717, 1.165) is 14.9 Å². The summed E-state index contributed by atoms with van der Waals surface area (Å²) in [6.45, 7) is 3.77. The molecule has 2 rings (SSSR count). The van der Waals surface area contributed by atoms with E-state index in [-0.39, 0.29) is 17.8 Å². The first-order valence-electron chi connectivity index (χ1n) is 5.79. The fourth-order valence-corrected chi connectivity index (χ4v) is 3.14. The second-order valence-corrected chi connectivity index (χ2v) is 6.69. The Balaban J connectivity index is 2.10. The van der Waals surface area contributed by atoms with Gasteiger partial charge in [-0.15, -0.1) is 11.3 Å². The minimum Gasteiger partial charge on any atom is -0.345 e. The van der Waals surface area contributed by atoms with Gasteiger partial charge in [0.2, 0.25) is 0 Å². The SMILES string of the molecule is Cc1cc(C(=O)NC(C)c2cccc(F)c2)sc1Br. The highest BCUT2D eigenvalue weighted by Gasteiger charge is 2.14. The van der Waals surface area contributed by atoms with Crippen LogP contribution in [0.5, 0.6) is 0 Å². The quantitative estimate of drug-likeness (QED) is 0.877. The summed E-state index contributed by atoms with van der Waals surface area (Å²) in [5.74, 6) is -0.441. The zero-order chi connectivity index (χ0) is 14.0. The van der Waals surface area contributed by atoms with Crippen LogP contribution in [-0.2, 0) is 0 Å². The lowest BCUT2D eigenvalue weighted by Gasteiger charge is -2.13. The molecule has 0 aliphatic rings. The summed E-state index contributed by atoms with van der Waals surface area (Å²) in [5.41, 5.74) is 1.79. The molecule has 0 bridgehead atoms. The number of amides is 1. The number of carbonyl (C=O) groups is 1. The van der Waals surface area contributed by atoms with E-state index in [4.69, 9.17) is 0 Å². The van der Waals surface area contributed by atoms with Crippen molar-refractivity contribution in [3.05, 3.63) is 55.9 Å². The summed E-state index contributed by atoms with van der Waals surface area (Å²) in [6, 6.07) is 7.85. The van der Waals surface area contributed by atoms with Crippen LogP contribution in [0.25, 0.3) is 0 Å². The van der Waals surface area contributed by atoms with Gasteiger partial charge >= 0.3 is 0 Å². The zero-order valence-corrected chi connectivity index (χ0v) is 12.9. The summed E-state index contributed by atoms with van der Waals surface area (Å²) < 4.78 is 14.1. The fraction of sp³-hybridized carbons (Fsp3) is 0.214. The summed E-state index contributed by atoms with van der Waals surface area (Å²) in [6.07, 6.45) is 0. The van der Waals surface area contributed by atoms with Gasteiger partial charge in [-0.2, -0.15) is 0 Å². The average Bonchev–Trinajstić information content (AvgIpc) is 2.69. The topological polar surface area (TPSA) is 29.1 Å². The van der Waals surface area contributed by atoms with E-state index in [0.29, 0.717) is 4.88 Å². The number of hydrogen-bond donors (Lipinski definition) is 1. The molecule has 0 fully saturated rings. The number of hydrogen-bond acceptors (Lipinski definition) is 2. The molecular weight excluding hydrogens is 329 g/mol. The summed E-state index contributed by atoms with van der Waals surface area (Å²) in [4.78, 5) is 12.7. The van der Waals surface area contributed by atoms with Crippen molar-refractivity contribution in [2.45, 2.75) is 19.9 Å². The second-order valence-electron chi connectivity index (χ2n) is 4.32. The molecule has 0 radical (unpaired) electrons. The third-order valence-corrected chi connectivity index (χ3v) is 4.91. The predicted octanol–water partition coefficient (Wildman–Crippen LogP) is 4.45. The standard InChI is InChI=1S/C14H13BrFNOS/c1-8-6-12(19-13(8)15)14(18)17-9(2)10-4-3-5-11(16)7-10/h3-7,9H,1-2H3,(H,17,18). The van der Waals surface area contributed by atoms with Crippen LogP contribution in [0, 0.1) is 12.7 Å². The highest BCUT2D eigenvalue weighted by atomic mass is 79.9. The average molecular weight is 342 g/mol. The van der Waals surface area contributed by atoms with Gasteiger partial charge in [-0.1, -0.05) is 12.1 Å². The number of benzene rings is 1. The lowest BCUT2D eigenvalue weighted by atomic mass is 10.1. The van der Waals surface area contributed by atoms with E-state index in [1.165, 1.54) is 23.5 Å². The van der Waals surface area contributed by atoms with Crippen LogP contribution >= 0.6 is 27.3 Å². The Morgan fingerprint density at radius 3 is 2.74 bits per heavy atom. The molecular formula is C14H13BrFNOS. The molecule has 1 amide bonds. The Morgan fingerprint density at radius 1 is 1.42 bits per heavy atom. The van der Waals surface area contributed by atoms with Crippen molar-refractivity contribution >= 4 is 33.2 Å². The van der Waals surface area contributed by atoms with E-state index in [1.807, 2.05) is 19.9 Å². The third-order valence-electron chi connectivity index (χ3n) is 2.78. The Kier molecular flexibility index (Phi) is 4.37. The van der Waals surface area contributed by atoms with Crippen molar-refractivity contribution in [3.8, 4) is 0 Å². The first-order valence-corrected chi connectivity index (χ1v) is 7.40. The highest BCUT2D eigenvalue weighted by molar-refractivity contribution is 9.11. The third kappa shape index (κ3) is 3.42. The molecule has 1 atom stereocenters. The molecule has 0 saturated heterocycles. The van der Waals surface area contributed by atoms with E-state index >= 15 is 0 Å². The molecule has 19 heavy (non-hydrogen) atoms. The number of halogens is 2. The van der Waals surface area contributed by atoms with Crippen molar-refractivity contribution in [2.24, 2.45) is 0 Å². The van der Waals surface area contributed by atoms with Crippen LogP contribution in [-0.4, -0.2) is 5.91 Å². The zero-order valence-electron chi connectivity index (χ0n) is 10.5. The van der Waals surface area contributed by atoms with Crippen molar-refractivity contribution in [1.29, 1.82) is 0 Å². The maximum atomic E-state index is 13.1. The highest BCUT2D eigenvalue weighted by Crippen LogP contribution is 2.27. The van der Waals surface area contributed by atoms with Crippen LogP contribution in [0.1, 0.15) is 33.8 Å². The first kappa shape index (κ1) is 14.2. The number of rotatable bonds is 3. The molecule has 0 aliphatic heterocycles. The minimum absolute atomic E-state index is 0.143. The van der Waals surface area contributed by atoms with E-state index in [9.17, 15) is 9.18 Å². The predicted molar refractivity (Wildman–Crippen MR) is 79.0 cm³/mol. The monoisotopic (exact) mass is 341 g/mol. The van der Waals surface area contributed by atoms with Crippen LogP contribution in [0.15, 0.2) is 34.1 Å². The first-order chi connectivity index (χ1) is 8.97. The van der Waals surface area contributed by atoms with Gasteiger partial charge in [-0.3, -0.25) is 4.79 Å². The van der Waals surface area contributed by atoms with Crippen molar-refractivity contribution in [2.75, 3.05) is 0 Å². The largest absolute Gasteiger partial charge is 0.345 e. The molecule has 2 nitrogen and oxygen atoms in total. The molecule has 0 spiro atoms. The van der Waals surface area contributed by atoms with Crippen LogP contribution in [0.4, 0.5) is 4.39 Å². The van der Waals surface area contributed by atoms with Gasteiger partial charge in [0.15, 0.2) is 0 Å². The smallest absolute Gasteiger partial charge is 0.261 e. The minimum atomic E-state index is -0.298. The molecule has 0 aliphatic carbocycles. The van der Waals surface area contributed by atoms with Gasteiger partial charge in [-0.05, 0) is 59.1 Å². The molecule has 100 valence electrons. The lowest BCUT2D eigenvalue weighted by Crippen LogP contribution is -2.25. The molecule has 1 unspecified atom stereocenters. The molecule has 1 N–H and O–H groups in total. The number of thiophene rings is 1. The Labute approximate surface area is 123 Å². The fourth-order valence-electron chi connectivity index (χ4n) is 1.70. The van der Waals surface area contributed by atoms with Crippen LogP contribution < -0.4 is 5.32 Å². The molecule has 1 heterocycles. The van der Waals surface area contributed by atoms with Crippen LogP contribution in [0.2, 0.25) is 0 Å². The van der Waals surface area contributed by atoms with Gasteiger partial charge < -0.3 is 5.32 Å². The van der Waals surface area contributed by atoms with E-state index < -0.39 is 0 Å². The molecule has 1 aromatic heterocycles. The second kappa shape index (κ2) is 5.84. The summed E-state index contributed by atoms with van der Waals surface area (Å²) in [7, 11) is 0. The van der Waals surface area contributed by atoms with Gasteiger partial charge in [-0.25, -0.2) is 4.39 Å². The van der Waals surface area contributed by atoms with Crippen molar-refractivity contribution in [1.82, 2.24) is 5.32 Å². The maximum Gasteiger partial charge on any atom is 0.261 e. The lowest BCUT2D eigenvalue weighted by molar-refractivity contribution is 0.0944. The normalized spacial score (nSPS) is 12.2. The van der Waals surface area contributed by atoms with Crippen LogP contribution in [0.3, 0.4) is 0 Å². The number of aryl methyl sites for hydroxylation is 1. The van der Waals surface area contributed by atoms with E-state index in [2.05, 4.69) is 21.2 Å².